The number of carbonyl (C=O) groups excluding carboxylic acids is 1. The third kappa shape index (κ3) is 9.26. The molecule has 0 aromatic carbocycles. The number of rotatable bonds is 5. The summed E-state index contributed by atoms with van der Waals surface area (Å²) in [6.45, 7) is 4.53. The maximum atomic E-state index is 10.6. The van der Waals surface area contributed by atoms with Crippen LogP contribution in [-0.4, -0.2) is 19.2 Å². The highest BCUT2D eigenvalue weighted by Crippen LogP contribution is 1.78. The number of hydrogen-bond donors (Lipinski definition) is 1. The smallest absolute Gasteiger partial charge is 0.332 e. The lowest BCUT2D eigenvalue weighted by molar-refractivity contribution is -0.137. The minimum atomic E-state index is -0.375. The van der Waals surface area contributed by atoms with Gasteiger partial charge in [0.15, 0.2) is 0 Å². The van der Waals surface area contributed by atoms with Crippen LogP contribution in [-0.2, 0) is 14.4 Å². The highest BCUT2D eigenvalue weighted by atomic mass is 35.5. The molecule has 0 heterocycles. The van der Waals surface area contributed by atoms with Gasteiger partial charge in [0.05, 0.1) is 13.2 Å². The molecular weight excluding hydrogens is 182 g/mol. The van der Waals surface area contributed by atoms with Crippen LogP contribution < -0.4 is 5.48 Å². The van der Waals surface area contributed by atoms with Crippen molar-refractivity contribution in [3.63, 3.8) is 0 Å². The molecule has 0 bridgehead atoms. The largest absolute Gasteiger partial charge is 0.463 e. The predicted molar refractivity (Wildman–Crippen MR) is 47.8 cm³/mol. The van der Waals surface area contributed by atoms with Crippen molar-refractivity contribution in [2.75, 3.05) is 13.2 Å². The van der Waals surface area contributed by atoms with Gasteiger partial charge in [-0.2, -0.15) is 0 Å². The first-order valence-corrected chi connectivity index (χ1v) is 3.51. The van der Waals surface area contributed by atoms with E-state index >= 15 is 0 Å². The summed E-state index contributed by atoms with van der Waals surface area (Å²) < 4.78 is 4.60. The summed E-state index contributed by atoms with van der Waals surface area (Å²) in [5.74, 6) is -0.375. The van der Waals surface area contributed by atoms with Gasteiger partial charge in [0.25, 0.3) is 0 Å². The highest BCUT2D eigenvalue weighted by molar-refractivity contribution is 5.85. The maximum Gasteiger partial charge on any atom is 0.332 e. The predicted octanol–water partition coefficient (Wildman–Crippen LogP) is 1.03. The van der Waals surface area contributed by atoms with Crippen LogP contribution in [0.3, 0.4) is 0 Å². The van der Waals surface area contributed by atoms with Gasteiger partial charge in [0.2, 0.25) is 0 Å². The molecule has 0 aromatic heterocycles. The van der Waals surface area contributed by atoms with E-state index in [1.807, 2.05) is 6.92 Å². The van der Waals surface area contributed by atoms with Crippen LogP contribution in [0.1, 0.15) is 13.8 Å². The second-order valence-corrected chi connectivity index (χ2v) is 1.64. The van der Waals surface area contributed by atoms with Crippen molar-refractivity contribution in [1.82, 2.24) is 5.48 Å². The van der Waals surface area contributed by atoms with Crippen LogP contribution in [0.5, 0.6) is 0 Å². The van der Waals surface area contributed by atoms with Gasteiger partial charge in [-0.3, -0.25) is 10.3 Å². The van der Waals surface area contributed by atoms with Crippen molar-refractivity contribution in [3.8, 4) is 0 Å². The molecule has 0 aliphatic heterocycles. The van der Waals surface area contributed by atoms with Gasteiger partial charge in [-0.1, -0.05) is 0 Å². The summed E-state index contributed by atoms with van der Waals surface area (Å²) in [5.41, 5.74) is 2.44. The third-order valence-electron chi connectivity index (χ3n) is 0.802. The Morgan fingerprint density at radius 2 is 2.08 bits per heavy atom. The molecule has 5 heteroatoms. The highest BCUT2D eigenvalue weighted by Gasteiger charge is 1.90. The molecular formula is C7H14ClNO3. The lowest BCUT2D eigenvalue weighted by atomic mass is 10.6. The van der Waals surface area contributed by atoms with Crippen molar-refractivity contribution in [1.29, 1.82) is 0 Å². The minimum absolute atomic E-state index is 0. The van der Waals surface area contributed by atoms with Crippen LogP contribution >= 0.6 is 12.4 Å². The summed E-state index contributed by atoms with van der Waals surface area (Å²) in [6.07, 6.45) is 2.65. The number of nitrogens with one attached hydrogen (secondary N) is 1. The third-order valence-corrected chi connectivity index (χ3v) is 0.802. The topological polar surface area (TPSA) is 47.6 Å². The number of carbonyl (C=O) groups is 1. The maximum absolute atomic E-state index is 10.6. The Morgan fingerprint density at radius 3 is 2.58 bits per heavy atom. The molecule has 72 valence electrons. The Labute approximate surface area is 78.3 Å². The van der Waals surface area contributed by atoms with Crippen molar-refractivity contribution >= 4 is 18.4 Å². The van der Waals surface area contributed by atoms with Crippen LogP contribution in [0.4, 0.5) is 0 Å². The van der Waals surface area contributed by atoms with Gasteiger partial charge in [0.1, 0.15) is 0 Å². The number of halogens is 1. The molecule has 0 saturated heterocycles. The number of ether oxygens (including phenoxy) is 1. The number of hydroxylamine groups is 1. The van der Waals surface area contributed by atoms with Gasteiger partial charge < -0.3 is 4.74 Å². The van der Waals surface area contributed by atoms with E-state index < -0.39 is 0 Å². The quantitative estimate of drug-likeness (QED) is 0.308. The molecule has 0 aliphatic rings. The van der Waals surface area contributed by atoms with Crippen molar-refractivity contribution in [2.24, 2.45) is 0 Å². The molecule has 0 fully saturated rings. The molecule has 0 aromatic rings. The summed E-state index contributed by atoms with van der Waals surface area (Å²) in [5, 5.41) is 0. The molecule has 0 amide bonds. The summed E-state index contributed by atoms with van der Waals surface area (Å²) in [7, 11) is 0. The van der Waals surface area contributed by atoms with E-state index in [4.69, 9.17) is 4.84 Å². The number of esters is 1. The van der Waals surface area contributed by atoms with Crippen molar-refractivity contribution in [3.05, 3.63) is 12.3 Å². The Morgan fingerprint density at radius 1 is 1.42 bits per heavy atom. The first-order chi connectivity index (χ1) is 5.31. The molecule has 4 nitrogen and oxygen atoms in total. The van der Waals surface area contributed by atoms with E-state index in [-0.39, 0.29) is 18.4 Å². The number of hydrogen-bond acceptors (Lipinski definition) is 4. The first kappa shape index (κ1) is 13.8. The molecule has 0 atom stereocenters. The van der Waals surface area contributed by atoms with Gasteiger partial charge in [-0.15, -0.1) is 12.4 Å². The van der Waals surface area contributed by atoms with Crippen molar-refractivity contribution in [2.45, 2.75) is 13.8 Å². The average Bonchev–Trinajstić information content (AvgIpc) is 1.99. The molecule has 1 N–H and O–H groups in total. The van der Waals surface area contributed by atoms with E-state index in [9.17, 15) is 4.79 Å². The fourth-order valence-electron chi connectivity index (χ4n) is 0.424. The van der Waals surface area contributed by atoms with Crippen LogP contribution in [0.25, 0.3) is 0 Å². The van der Waals surface area contributed by atoms with Crippen LogP contribution in [0.15, 0.2) is 12.3 Å². The van der Waals surface area contributed by atoms with Gasteiger partial charge in [0, 0.05) is 12.3 Å². The Balaban J connectivity index is 0. The fraction of sp³-hybridized carbons (Fsp3) is 0.571. The summed E-state index contributed by atoms with van der Waals surface area (Å²) in [4.78, 5) is 15.3. The molecule has 0 radical (unpaired) electrons. The monoisotopic (exact) mass is 195 g/mol. The zero-order valence-corrected chi connectivity index (χ0v) is 8.02. The molecule has 0 aliphatic carbocycles. The summed E-state index contributed by atoms with van der Waals surface area (Å²) in [6, 6.07) is 0. The first-order valence-electron chi connectivity index (χ1n) is 3.51. The Kier molecular flexibility index (Phi) is 11.8. The molecule has 0 unspecified atom stereocenters. The fourth-order valence-corrected chi connectivity index (χ4v) is 0.424. The van der Waals surface area contributed by atoms with Gasteiger partial charge in [-0.05, 0) is 13.8 Å². The lowest BCUT2D eigenvalue weighted by Crippen LogP contribution is -2.07. The SMILES string of the molecule is CCONC=CC(=O)OCC.Cl. The molecule has 12 heavy (non-hydrogen) atoms. The zero-order valence-electron chi connectivity index (χ0n) is 7.20. The molecule has 0 rings (SSSR count). The standard InChI is InChI=1S/C7H13NO3.ClH/c1-3-10-7(9)5-6-8-11-4-2;/h5-6,8H,3-4H2,1-2H3;1H. The second-order valence-electron chi connectivity index (χ2n) is 1.64. The van der Waals surface area contributed by atoms with Crippen LogP contribution in [0.2, 0.25) is 0 Å². The molecule has 0 saturated carbocycles. The Bertz CT molecular complexity index is 139. The normalized spacial score (nSPS) is 9.17. The zero-order chi connectivity index (χ0) is 8.53. The lowest BCUT2D eigenvalue weighted by Gasteiger charge is -1.97. The second kappa shape index (κ2) is 10.3. The van der Waals surface area contributed by atoms with E-state index in [0.29, 0.717) is 13.2 Å². The van der Waals surface area contributed by atoms with E-state index in [1.165, 1.54) is 12.3 Å². The minimum Gasteiger partial charge on any atom is -0.463 e. The molecule has 0 spiro atoms. The van der Waals surface area contributed by atoms with Crippen LogP contribution in [0, 0.1) is 0 Å². The van der Waals surface area contributed by atoms with E-state index in [2.05, 4.69) is 10.2 Å². The Hall–Kier alpha value is -0.740. The van der Waals surface area contributed by atoms with Gasteiger partial charge >= 0.3 is 5.97 Å². The van der Waals surface area contributed by atoms with Crippen molar-refractivity contribution < 1.29 is 14.4 Å². The summed E-state index contributed by atoms with van der Waals surface area (Å²) >= 11 is 0. The van der Waals surface area contributed by atoms with Gasteiger partial charge in [-0.25, -0.2) is 4.79 Å². The van der Waals surface area contributed by atoms with E-state index in [0.717, 1.165) is 0 Å². The average molecular weight is 196 g/mol. The van der Waals surface area contributed by atoms with E-state index in [1.54, 1.807) is 6.92 Å².